The molecule has 108 valence electrons. The predicted octanol–water partition coefficient (Wildman–Crippen LogP) is 3.66. The molecule has 2 atom stereocenters. The Kier molecular flexibility index (Phi) is 3.08. The SMILES string of the molecule is Oc1ccc2c(c1)OCC2N1CCCC1c1ccccc1. The molecule has 2 aromatic carbocycles. The van der Waals surface area contributed by atoms with Gasteiger partial charge in [-0.2, -0.15) is 0 Å². The number of aromatic hydroxyl groups is 1. The van der Waals surface area contributed by atoms with Crippen LogP contribution >= 0.6 is 0 Å². The molecular formula is C18H19NO2. The number of rotatable bonds is 2. The Hall–Kier alpha value is -2.00. The van der Waals surface area contributed by atoms with Gasteiger partial charge in [-0.25, -0.2) is 0 Å². The second-order valence-corrected chi connectivity index (χ2v) is 5.86. The monoisotopic (exact) mass is 281 g/mol. The average Bonchev–Trinajstić information content (AvgIpc) is 3.13. The molecule has 0 saturated carbocycles. The molecule has 3 nitrogen and oxygen atoms in total. The lowest BCUT2D eigenvalue weighted by molar-refractivity contribution is 0.150. The third kappa shape index (κ3) is 2.18. The molecule has 2 unspecified atom stereocenters. The van der Waals surface area contributed by atoms with Gasteiger partial charge in [0, 0.05) is 17.7 Å². The Balaban J connectivity index is 1.65. The van der Waals surface area contributed by atoms with Gasteiger partial charge in [-0.05, 0) is 37.1 Å². The van der Waals surface area contributed by atoms with E-state index in [-0.39, 0.29) is 5.75 Å². The number of nitrogens with zero attached hydrogens (tertiary/aromatic N) is 1. The molecule has 4 rings (SSSR count). The van der Waals surface area contributed by atoms with Gasteiger partial charge in [0.15, 0.2) is 0 Å². The lowest BCUT2D eigenvalue weighted by Gasteiger charge is -2.30. The number of fused-ring (bicyclic) bond motifs is 1. The van der Waals surface area contributed by atoms with E-state index in [1.165, 1.54) is 24.0 Å². The molecule has 0 aliphatic carbocycles. The van der Waals surface area contributed by atoms with Crippen LogP contribution < -0.4 is 4.74 Å². The number of hydrogen-bond acceptors (Lipinski definition) is 3. The molecule has 2 aliphatic rings. The zero-order valence-electron chi connectivity index (χ0n) is 11.9. The summed E-state index contributed by atoms with van der Waals surface area (Å²) in [4.78, 5) is 2.55. The Morgan fingerprint density at radius 1 is 1.05 bits per heavy atom. The summed E-state index contributed by atoms with van der Waals surface area (Å²) in [7, 11) is 0. The van der Waals surface area contributed by atoms with Gasteiger partial charge >= 0.3 is 0 Å². The molecule has 0 bridgehead atoms. The summed E-state index contributed by atoms with van der Waals surface area (Å²) in [6.07, 6.45) is 2.43. The molecule has 1 fully saturated rings. The first-order chi connectivity index (χ1) is 10.3. The molecule has 1 saturated heterocycles. The van der Waals surface area contributed by atoms with E-state index in [2.05, 4.69) is 35.2 Å². The van der Waals surface area contributed by atoms with Gasteiger partial charge in [0.25, 0.3) is 0 Å². The van der Waals surface area contributed by atoms with Crippen LogP contribution in [0.5, 0.6) is 11.5 Å². The molecule has 21 heavy (non-hydrogen) atoms. The van der Waals surface area contributed by atoms with Crippen LogP contribution in [0, 0.1) is 0 Å². The number of ether oxygens (including phenoxy) is 1. The maximum absolute atomic E-state index is 9.58. The second kappa shape index (κ2) is 5.08. The molecular weight excluding hydrogens is 262 g/mol. The summed E-state index contributed by atoms with van der Waals surface area (Å²) in [6.45, 7) is 1.79. The fourth-order valence-corrected chi connectivity index (χ4v) is 3.65. The minimum Gasteiger partial charge on any atom is -0.508 e. The van der Waals surface area contributed by atoms with Crippen molar-refractivity contribution in [1.29, 1.82) is 0 Å². The van der Waals surface area contributed by atoms with E-state index in [0.29, 0.717) is 18.7 Å². The maximum atomic E-state index is 9.58. The van der Waals surface area contributed by atoms with E-state index < -0.39 is 0 Å². The molecule has 2 aliphatic heterocycles. The van der Waals surface area contributed by atoms with Crippen LogP contribution in [0.2, 0.25) is 0 Å². The quantitative estimate of drug-likeness (QED) is 0.911. The molecule has 2 aromatic rings. The van der Waals surface area contributed by atoms with Crippen molar-refractivity contribution >= 4 is 0 Å². The van der Waals surface area contributed by atoms with Crippen molar-refractivity contribution in [2.24, 2.45) is 0 Å². The second-order valence-electron chi connectivity index (χ2n) is 5.86. The van der Waals surface area contributed by atoms with E-state index in [0.717, 1.165) is 12.3 Å². The van der Waals surface area contributed by atoms with Gasteiger partial charge in [0.1, 0.15) is 18.1 Å². The summed E-state index contributed by atoms with van der Waals surface area (Å²) < 4.78 is 5.79. The van der Waals surface area contributed by atoms with E-state index in [1.807, 2.05) is 6.07 Å². The van der Waals surface area contributed by atoms with Gasteiger partial charge in [-0.1, -0.05) is 30.3 Å². The van der Waals surface area contributed by atoms with Gasteiger partial charge in [0.05, 0.1) is 6.04 Å². The standard InChI is InChI=1S/C18H19NO2/c20-14-8-9-15-17(12-21-18(15)11-14)19-10-4-7-16(19)13-5-2-1-3-6-13/h1-3,5-6,8-9,11,16-17,20H,4,7,10,12H2. The van der Waals surface area contributed by atoms with Crippen molar-refractivity contribution in [3.63, 3.8) is 0 Å². The number of likely N-dealkylation sites (tertiary alicyclic amines) is 1. The van der Waals surface area contributed by atoms with Crippen molar-refractivity contribution in [3.05, 3.63) is 59.7 Å². The van der Waals surface area contributed by atoms with Crippen LogP contribution in [0.15, 0.2) is 48.5 Å². The highest BCUT2D eigenvalue weighted by Gasteiger charge is 2.37. The van der Waals surface area contributed by atoms with Crippen molar-refractivity contribution < 1.29 is 9.84 Å². The summed E-state index contributed by atoms with van der Waals surface area (Å²) >= 11 is 0. The smallest absolute Gasteiger partial charge is 0.128 e. The first-order valence-electron chi connectivity index (χ1n) is 7.59. The van der Waals surface area contributed by atoms with E-state index in [1.54, 1.807) is 12.1 Å². The minimum absolute atomic E-state index is 0.274. The molecule has 0 spiro atoms. The first-order valence-corrected chi connectivity index (χ1v) is 7.59. The lowest BCUT2D eigenvalue weighted by Crippen LogP contribution is -2.29. The first kappa shape index (κ1) is 12.7. The molecule has 1 N–H and O–H groups in total. The van der Waals surface area contributed by atoms with E-state index in [9.17, 15) is 5.11 Å². The third-order valence-corrected chi connectivity index (χ3v) is 4.63. The Morgan fingerprint density at radius 3 is 2.76 bits per heavy atom. The van der Waals surface area contributed by atoms with Crippen molar-refractivity contribution in [1.82, 2.24) is 4.90 Å². The summed E-state index contributed by atoms with van der Waals surface area (Å²) in [5.41, 5.74) is 2.60. The fraction of sp³-hybridized carbons (Fsp3) is 0.333. The Bertz CT molecular complexity index is 641. The van der Waals surface area contributed by atoms with E-state index >= 15 is 0 Å². The van der Waals surface area contributed by atoms with Crippen molar-refractivity contribution in [2.75, 3.05) is 13.2 Å². The maximum Gasteiger partial charge on any atom is 0.128 e. The highest BCUT2D eigenvalue weighted by atomic mass is 16.5. The van der Waals surface area contributed by atoms with Crippen LogP contribution in [-0.4, -0.2) is 23.2 Å². The van der Waals surface area contributed by atoms with Crippen LogP contribution in [0.25, 0.3) is 0 Å². The lowest BCUT2D eigenvalue weighted by atomic mass is 10.0. The zero-order chi connectivity index (χ0) is 14.2. The van der Waals surface area contributed by atoms with Crippen molar-refractivity contribution in [2.45, 2.75) is 24.9 Å². The summed E-state index contributed by atoms with van der Waals surface area (Å²) in [5.74, 6) is 1.11. The van der Waals surface area contributed by atoms with Crippen LogP contribution in [-0.2, 0) is 0 Å². The summed E-state index contributed by atoms with van der Waals surface area (Å²) in [6, 6.07) is 17.0. The molecule has 0 amide bonds. The van der Waals surface area contributed by atoms with Gasteiger partial charge < -0.3 is 9.84 Å². The third-order valence-electron chi connectivity index (χ3n) is 4.63. The number of benzene rings is 2. The summed E-state index contributed by atoms with van der Waals surface area (Å²) in [5, 5.41) is 9.58. The predicted molar refractivity (Wildman–Crippen MR) is 81.5 cm³/mol. The normalized spacial score (nSPS) is 24.8. The average molecular weight is 281 g/mol. The topological polar surface area (TPSA) is 32.7 Å². The van der Waals surface area contributed by atoms with Crippen LogP contribution in [0.3, 0.4) is 0 Å². The molecule has 0 radical (unpaired) electrons. The zero-order valence-corrected chi connectivity index (χ0v) is 11.9. The molecule has 3 heteroatoms. The largest absolute Gasteiger partial charge is 0.508 e. The Labute approximate surface area is 124 Å². The highest BCUT2D eigenvalue weighted by molar-refractivity contribution is 5.44. The highest BCUT2D eigenvalue weighted by Crippen LogP contribution is 2.44. The van der Waals surface area contributed by atoms with Gasteiger partial charge in [-0.15, -0.1) is 0 Å². The number of phenols is 1. The Morgan fingerprint density at radius 2 is 1.90 bits per heavy atom. The molecule has 2 heterocycles. The minimum atomic E-state index is 0.274. The van der Waals surface area contributed by atoms with Crippen molar-refractivity contribution in [3.8, 4) is 11.5 Å². The van der Waals surface area contributed by atoms with Gasteiger partial charge in [-0.3, -0.25) is 4.90 Å². The number of phenolic OH excluding ortho intramolecular Hbond substituents is 1. The fourth-order valence-electron chi connectivity index (χ4n) is 3.65. The molecule has 0 aromatic heterocycles. The van der Waals surface area contributed by atoms with Crippen LogP contribution in [0.1, 0.15) is 36.1 Å². The van der Waals surface area contributed by atoms with E-state index in [4.69, 9.17) is 4.74 Å². The number of hydrogen-bond donors (Lipinski definition) is 1. The van der Waals surface area contributed by atoms with Gasteiger partial charge in [0.2, 0.25) is 0 Å². The van der Waals surface area contributed by atoms with Crippen LogP contribution in [0.4, 0.5) is 0 Å².